The predicted octanol–water partition coefficient (Wildman–Crippen LogP) is 6.62. The molecule has 2 saturated heterocycles. The van der Waals surface area contributed by atoms with Crippen molar-refractivity contribution in [1.82, 2.24) is 30.4 Å². The van der Waals surface area contributed by atoms with E-state index in [1.54, 1.807) is 23.1 Å². The standard InChI is InChI=1S/C15H12N4O2.C9H16N2O2.C8H14N2O3.2C3H8.C2H6/c20-8-16-11-3-1-10(2-4-11)15-18-13-6-5-12(17-9-21)7-14(13)19-15;1-7-4-3-5-11(7)9(13)6-10-8(2)12;1-6-3-2-4-10(6)7(11)5-9-8(12)13;2*1-3-2;1-2/h1-9H,(H,16,20)(H,17,21)(H,18,19);7H,3-6H2,1-2H3,(H,10,12);6,9H,2-5H2,1H3,(H,12,13);2*3H2,1-2H3;1-2H3. The largest absolute Gasteiger partial charge is 0.465 e. The first-order valence-corrected chi connectivity index (χ1v) is 19.2. The lowest BCUT2D eigenvalue weighted by atomic mass is 10.2. The van der Waals surface area contributed by atoms with E-state index in [0.29, 0.717) is 24.5 Å². The topological polar surface area (TPSA) is 206 Å². The lowest BCUT2D eigenvalue weighted by Crippen LogP contribution is -2.41. The van der Waals surface area contributed by atoms with Crippen LogP contribution in [0.4, 0.5) is 16.2 Å². The molecule has 2 fully saturated rings. The van der Waals surface area contributed by atoms with Crippen LogP contribution >= 0.6 is 0 Å². The molecule has 0 aliphatic carbocycles. The molecule has 6 amide bonds. The number of rotatable bonds is 9. The van der Waals surface area contributed by atoms with E-state index in [1.165, 1.54) is 19.8 Å². The zero-order valence-corrected chi connectivity index (χ0v) is 34.2. The van der Waals surface area contributed by atoms with Gasteiger partial charge in [-0.25, -0.2) is 9.78 Å². The number of benzene rings is 2. The maximum Gasteiger partial charge on any atom is 0.405 e. The molecule has 0 bridgehead atoms. The zero-order chi connectivity index (χ0) is 41.8. The Bertz CT molecular complexity index is 1530. The summed E-state index contributed by atoms with van der Waals surface area (Å²) >= 11 is 0. The number of carbonyl (C=O) groups excluding carboxylic acids is 5. The molecule has 15 nitrogen and oxygen atoms in total. The summed E-state index contributed by atoms with van der Waals surface area (Å²) in [5.41, 5.74) is 4.00. The fraction of sp³-hybridized carbons (Fsp3) is 0.525. The van der Waals surface area contributed by atoms with E-state index >= 15 is 0 Å². The van der Waals surface area contributed by atoms with Gasteiger partial charge in [-0.05, 0) is 82.0 Å². The Morgan fingerprint density at radius 2 is 1.24 bits per heavy atom. The van der Waals surface area contributed by atoms with Gasteiger partial charge in [0.1, 0.15) is 12.4 Å². The summed E-state index contributed by atoms with van der Waals surface area (Å²) in [4.78, 5) is 75.6. The molecule has 55 heavy (non-hydrogen) atoms. The summed E-state index contributed by atoms with van der Waals surface area (Å²) in [5, 5.41) is 18.1. The zero-order valence-electron chi connectivity index (χ0n) is 34.2. The third-order valence-corrected chi connectivity index (χ3v) is 7.72. The highest BCUT2D eigenvalue weighted by atomic mass is 16.4. The van der Waals surface area contributed by atoms with Crippen molar-refractivity contribution in [2.75, 3.05) is 36.8 Å². The number of nitrogens with one attached hydrogen (secondary N) is 5. The molecule has 1 aromatic heterocycles. The Kier molecular flexibility index (Phi) is 26.1. The summed E-state index contributed by atoms with van der Waals surface area (Å²) in [6.45, 7) is 19.5. The van der Waals surface area contributed by atoms with Gasteiger partial charge in [0.2, 0.25) is 30.5 Å². The van der Waals surface area contributed by atoms with Crippen molar-refractivity contribution in [2.45, 2.75) is 113 Å². The highest BCUT2D eigenvalue weighted by Crippen LogP contribution is 2.24. The Balaban J connectivity index is 0.000000751. The molecule has 2 unspecified atom stereocenters. The van der Waals surface area contributed by atoms with Crippen LogP contribution in [0.3, 0.4) is 0 Å². The summed E-state index contributed by atoms with van der Waals surface area (Å²) in [6.07, 6.45) is 6.80. The minimum Gasteiger partial charge on any atom is -0.465 e. The molecule has 5 rings (SSSR count). The van der Waals surface area contributed by atoms with Crippen LogP contribution in [-0.2, 0) is 24.0 Å². The van der Waals surface area contributed by atoms with Crippen LogP contribution < -0.4 is 21.3 Å². The smallest absolute Gasteiger partial charge is 0.405 e. The Morgan fingerprint density at radius 3 is 1.65 bits per heavy atom. The van der Waals surface area contributed by atoms with Crippen molar-refractivity contribution in [1.29, 1.82) is 0 Å². The molecule has 0 saturated carbocycles. The first kappa shape index (κ1) is 49.5. The number of amides is 6. The van der Waals surface area contributed by atoms with Crippen LogP contribution in [0.15, 0.2) is 42.5 Å². The van der Waals surface area contributed by atoms with Crippen molar-refractivity contribution in [3.63, 3.8) is 0 Å². The molecule has 2 aromatic carbocycles. The first-order valence-electron chi connectivity index (χ1n) is 19.2. The molecule has 2 aliphatic rings. The fourth-order valence-electron chi connectivity index (χ4n) is 5.26. The van der Waals surface area contributed by atoms with Gasteiger partial charge in [-0.3, -0.25) is 24.0 Å². The van der Waals surface area contributed by atoms with Crippen LogP contribution in [0.1, 0.15) is 101 Å². The van der Waals surface area contributed by atoms with Crippen LogP contribution in [0.25, 0.3) is 22.4 Å². The van der Waals surface area contributed by atoms with E-state index in [0.717, 1.165) is 66.9 Å². The number of likely N-dealkylation sites (tertiary alicyclic amines) is 2. The van der Waals surface area contributed by atoms with Crippen molar-refractivity contribution in [3.8, 4) is 11.4 Å². The van der Waals surface area contributed by atoms with Gasteiger partial charge < -0.3 is 41.2 Å². The molecule has 0 radical (unpaired) electrons. The number of imidazole rings is 1. The number of hydrogen-bond donors (Lipinski definition) is 6. The maximum absolute atomic E-state index is 11.5. The van der Waals surface area contributed by atoms with Crippen LogP contribution in [0, 0.1) is 0 Å². The van der Waals surface area contributed by atoms with E-state index < -0.39 is 6.09 Å². The third-order valence-electron chi connectivity index (χ3n) is 7.72. The lowest BCUT2D eigenvalue weighted by molar-refractivity contribution is -0.133. The number of aromatic nitrogens is 2. The Hall–Kier alpha value is -5.47. The van der Waals surface area contributed by atoms with Gasteiger partial charge in [0, 0.05) is 49.0 Å². The second-order valence-corrected chi connectivity index (χ2v) is 12.6. The monoisotopic (exact) mass is 768 g/mol. The number of carboxylic acid groups (broad SMARTS) is 1. The number of hydrogen-bond acceptors (Lipinski definition) is 7. The van der Waals surface area contributed by atoms with Gasteiger partial charge >= 0.3 is 6.09 Å². The summed E-state index contributed by atoms with van der Waals surface area (Å²) in [7, 11) is 0. The van der Waals surface area contributed by atoms with E-state index in [-0.39, 0.29) is 36.9 Å². The third kappa shape index (κ3) is 19.4. The minimum atomic E-state index is -1.15. The molecule has 2 atom stereocenters. The normalized spacial score (nSPS) is 14.9. The summed E-state index contributed by atoms with van der Waals surface area (Å²) in [6, 6.07) is 13.4. The molecule has 15 heteroatoms. The fourth-order valence-corrected chi connectivity index (χ4v) is 5.26. The average molecular weight is 769 g/mol. The van der Waals surface area contributed by atoms with E-state index in [1.807, 2.05) is 56.9 Å². The van der Waals surface area contributed by atoms with Gasteiger partial charge in [0.25, 0.3) is 0 Å². The molecule has 2 aliphatic heterocycles. The molecule has 0 spiro atoms. The number of fused-ring (bicyclic) bond motifs is 1. The van der Waals surface area contributed by atoms with Gasteiger partial charge in [0.05, 0.1) is 17.6 Å². The van der Waals surface area contributed by atoms with Crippen LogP contribution in [-0.4, -0.2) is 99.8 Å². The number of carbonyl (C=O) groups is 6. The summed E-state index contributed by atoms with van der Waals surface area (Å²) < 4.78 is 0. The van der Waals surface area contributed by atoms with E-state index in [2.05, 4.69) is 58.9 Å². The summed E-state index contributed by atoms with van der Waals surface area (Å²) in [5.74, 6) is 0.471. The number of H-pyrrole nitrogens is 1. The van der Waals surface area contributed by atoms with Crippen molar-refractivity contribution < 1.29 is 33.9 Å². The molecular formula is C40H64N8O7. The molecule has 3 aromatic rings. The minimum absolute atomic E-state index is 0.0280. The van der Waals surface area contributed by atoms with Crippen LogP contribution in [0.2, 0.25) is 0 Å². The molecule has 306 valence electrons. The van der Waals surface area contributed by atoms with Crippen molar-refractivity contribution >= 4 is 59.0 Å². The first-order chi connectivity index (χ1) is 26.3. The quantitative estimate of drug-likeness (QED) is 0.130. The second kappa shape index (κ2) is 29.0. The highest BCUT2D eigenvalue weighted by Gasteiger charge is 2.25. The Morgan fingerprint density at radius 1 is 0.782 bits per heavy atom. The van der Waals surface area contributed by atoms with Crippen LogP contribution in [0.5, 0.6) is 0 Å². The van der Waals surface area contributed by atoms with Crippen molar-refractivity contribution in [2.24, 2.45) is 0 Å². The average Bonchev–Trinajstić information content (AvgIpc) is 3.92. The number of aromatic amines is 1. The number of anilines is 2. The Labute approximate surface area is 326 Å². The van der Waals surface area contributed by atoms with Gasteiger partial charge in [-0.15, -0.1) is 0 Å². The lowest BCUT2D eigenvalue weighted by Gasteiger charge is -2.21. The highest BCUT2D eigenvalue weighted by molar-refractivity contribution is 5.86. The van der Waals surface area contributed by atoms with Gasteiger partial charge in [-0.1, -0.05) is 54.4 Å². The van der Waals surface area contributed by atoms with Gasteiger partial charge in [-0.2, -0.15) is 0 Å². The van der Waals surface area contributed by atoms with Gasteiger partial charge in [0.15, 0.2) is 0 Å². The maximum atomic E-state index is 11.5. The predicted molar refractivity (Wildman–Crippen MR) is 220 cm³/mol. The van der Waals surface area contributed by atoms with Crippen molar-refractivity contribution in [3.05, 3.63) is 42.5 Å². The molecule has 6 N–H and O–H groups in total. The SMILES string of the molecule is CC.CC(=O)NCC(=O)N1CCCC1C.CC1CCCN1C(=O)CNC(=O)O.CCC.CCC.O=CNc1ccc(-c2nc3ccc(NC=O)cc3[nH]2)cc1. The second-order valence-electron chi connectivity index (χ2n) is 12.6. The van der Waals surface area contributed by atoms with E-state index in [4.69, 9.17) is 5.11 Å². The number of nitrogens with zero attached hydrogens (tertiary/aromatic N) is 3. The molecule has 3 heterocycles. The molecular weight excluding hydrogens is 704 g/mol. The van der Waals surface area contributed by atoms with E-state index in [9.17, 15) is 28.8 Å².